The Morgan fingerprint density at radius 1 is 1.57 bits per heavy atom. The van der Waals surface area contributed by atoms with Gasteiger partial charge in [-0.1, -0.05) is 6.07 Å². The summed E-state index contributed by atoms with van der Waals surface area (Å²) in [5, 5.41) is 3.38. The second-order valence-electron chi connectivity index (χ2n) is 3.24. The topological polar surface area (TPSA) is 24.9 Å². The van der Waals surface area contributed by atoms with Crippen molar-refractivity contribution < 1.29 is 0 Å². The fourth-order valence-corrected chi connectivity index (χ4v) is 1.25. The monoisotopic (exact) mass is 188 g/mol. The van der Waals surface area contributed by atoms with Crippen molar-refractivity contribution in [3.8, 4) is 12.3 Å². The Hall–Kier alpha value is -1.33. The van der Waals surface area contributed by atoms with E-state index in [2.05, 4.69) is 23.1 Å². The predicted molar refractivity (Wildman–Crippen MR) is 58.7 cm³/mol. The Labute approximate surface area is 85.8 Å². The molecule has 74 valence electrons. The molecule has 0 bridgehead atoms. The van der Waals surface area contributed by atoms with Crippen LogP contribution in [0.25, 0.3) is 0 Å². The van der Waals surface area contributed by atoms with Crippen LogP contribution in [0.3, 0.4) is 0 Å². The van der Waals surface area contributed by atoms with Crippen molar-refractivity contribution in [3.63, 3.8) is 0 Å². The van der Waals surface area contributed by atoms with Crippen molar-refractivity contribution in [1.29, 1.82) is 0 Å². The molecule has 0 radical (unpaired) electrons. The van der Waals surface area contributed by atoms with Crippen LogP contribution in [0, 0.1) is 12.3 Å². The number of aromatic nitrogens is 1. The minimum absolute atomic E-state index is 0.300. The highest BCUT2D eigenvalue weighted by molar-refractivity contribution is 5.07. The van der Waals surface area contributed by atoms with Gasteiger partial charge in [0.2, 0.25) is 0 Å². The molecule has 0 unspecified atom stereocenters. The van der Waals surface area contributed by atoms with Crippen LogP contribution < -0.4 is 5.32 Å². The predicted octanol–water partition coefficient (Wildman–Crippen LogP) is 2.15. The molecule has 0 aromatic carbocycles. The number of rotatable bonds is 5. The van der Waals surface area contributed by atoms with Crippen LogP contribution in [0.4, 0.5) is 0 Å². The highest BCUT2D eigenvalue weighted by atomic mass is 14.9. The third-order valence-corrected chi connectivity index (χ3v) is 2.08. The molecule has 1 rings (SSSR count). The molecule has 2 heteroatoms. The van der Waals surface area contributed by atoms with Gasteiger partial charge in [-0.15, -0.1) is 12.3 Å². The molecule has 0 aliphatic carbocycles. The summed E-state index contributed by atoms with van der Waals surface area (Å²) in [5.74, 6) is 2.63. The van der Waals surface area contributed by atoms with Gasteiger partial charge in [0.25, 0.3) is 0 Å². The maximum atomic E-state index is 5.17. The van der Waals surface area contributed by atoms with Gasteiger partial charge in [0, 0.05) is 18.7 Å². The van der Waals surface area contributed by atoms with E-state index in [-0.39, 0.29) is 0 Å². The van der Waals surface area contributed by atoms with Crippen LogP contribution in [0.2, 0.25) is 0 Å². The fraction of sp³-hybridized carbons (Fsp3) is 0.417. The summed E-state index contributed by atoms with van der Waals surface area (Å²) < 4.78 is 0. The third kappa shape index (κ3) is 3.59. The van der Waals surface area contributed by atoms with E-state index in [1.165, 1.54) is 0 Å². The molecule has 0 aliphatic heterocycles. The second-order valence-corrected chi connectivity index (χ2v) is 3.24. The molecule has 1 atom stereocenters. The summed E-state index contributed by atoms with van der Waals surface area (Å²) in [7, 11) is 0. The van der Waals surface area contributed by atoms with Crippen molar-refractivity contribution in [3.05, 3.63) is 30.1 Å². The minimum Gasteiger partial charge on any atom is -0.309 e. The molecule has 0 fully saturated rings. The lowest BCUT2D eigenvalue weighted by atomic mass is 10.2. The van der Waals surface area contributed by atoms with Gasteiger partial charge in [0.05, 0.1) is 5.69 Å². The van der Waals surface area contributed by atoms with E-state index < -0.39 is 0 Å². The van der Waals surface area contributed by atoms with E-state index in [1.54, 1.807) is 0 Å². The molecular weight excluding hydrogens is 172 g/mol. The van der Waals surface area contributed by atoms with Crippen molar-refractivity contribution in [1.82, 2.24) is 10.3 Å². The van der Waals surface area contributed by atoms with Gasteiger partial charge < -0.3 is 5.32 Å². The van der Waals surface area contributed by atoms with Gasteiger partial charge >= 0.3 is 0 Å². The average Bonchev–Trinajstić information content (AvgIpc) is 2.25. The molecule has 0 saturated carbocycles. The minimum atomic E-state index is 0.300. The quantitative estimate of drug-likeness (QED) is 0.565. The Kier molecular flexibility index (Phi) is 4.74. The SMILES string of the molecule is C#CCCCN[C@@H](C)c1ccccn1. The molecule has 1 aromatic rings. The molecule has 14 heavy (non-hydrogen) atoms. The van der Waals surface area contributed by atoms with Gasteiger partial charge in [-0.2, -0.15) is 0 Å². The molecule has 1 heterocycles. The number of nitrogens with one attached hydrogen (secondary N) is 1. The molecule has 0 saturated heterocycles. The van der Waals surface area contributed by atoms with Gasteiger partial charge in [-0.25, -0.2) is 0 Å². The number of hydrogen-bond acceptors (Lipinski definition) is 2. The molecule has 0 aliphatic rings. The molecule has 1 N–H and O–H groups in total. The first kappa shape index (κ1) is 10.7. The largest absolute Gasteiger partial charge is 0.309 e. The number of hydrogen-bond donors (Lipinski definition) is 1. The molecule has 2 nitrogen and oxygen atoms in total. The Bertz CT molecular complexity index is 287. The smallest absolute Gasteiger partial charge is 0.0570 e. The van der Waals surface area contributed by atoms with E-state index >= 15 is 0 Å². The lowest BCUT2D eigenvalue weighted by Gasteiger charge is -2.12. The zero-order valence-corrected chi connectivity index (χ0v) is 8.53. The molecule has 0 spiro atoms. The summed E-state index contributed by atoms with van der Waals surface area (Å²) >= 11 is 0. The number of unbranched alkanes of at least 4 members (excludes halogenated alkanes) is 1. The Morgan fingerprint density at radius 2 is 2.43 bits per heavy atom. The summed E-state index contributed by atoms with van der Waals surface area (Å²) in [6, 6.07) is 6.25. The summed E-state index contributed by atoms with van der Waals surface area (Å²) in [5.41, 5.74) is 1.08. The van der Waals surface area contributed by atoms with E-state index in [4.69, 9.17) is 6.42 Å². The number of nitrogens with zero attached hydrogens (tertiary/aromatic N) is 1. The summed E-state index contributed by atoms with van der Waals surface area (Å²) in [6.45, 7) is 3.06. The first-order valence-corrected chi connectivity index (χ1v) is 4.92. The molecule has 0 amide bonds. The summed E-state index contributed by atoms with van der Waals surface area (Å²) in [6.07, 6.45) is 8.84. The van der Waals surface area contributed by atoms with Gasteiger partial charge in [0.1, 0.15) is 0 Å². The van der Waals surface area contributed by atoms with Crippen LogP contribution in [0.5, 0.6) is 0 Å². The standard InChI is InChI=1S/C12H16N2/c1-3-4-6-9-13-11(2)12-8-5-7-10-14-12/h1,5,7-8,10-11,13H,4,6,9H2,2H3/t11-/m0/s1. The zero-order valence-electron chi connectivity index (χ0n) is 8.53. The maximum absolute atomic E-state index is 5.17. The van der Waals surface area contributed by atoms with Crippen molar-refractivity contribution in [2.24, 2.45) is 0 Å². The van der Waals surface area contributed by atoms with Gasteiger partial charge in [-0.3, -0.25) is 4.98 Å². The van der Waals surface area contributed by atoms with Crippen LogP contribution in [0.1, 0.15) is 31.5 Å². The van der Waals surface area contributed by atoms with Crippen LogP contribution >= 0.6 is 0 Å². The van der Waals surface area contributed by atoms with Gasteiger partial charge in [-0.05, 0) is 32.0 Å². The lowest BCUT2D eigenvalue weighted by Crippen LogP contribution is -2.20. The normalized spacial score (nSPS) is 12.0. The second kappa shape index (κ2) is 6.17. The van der Waals surface area contributed by atoms with Crippen molar-refractivity contribution >= 4 is 0 Å². The van der Waals surface area contributed by atoms with Crippen LogP contribution in [-0.2, 0) is 0 Å². The first-order chi connectivity index (χ1) is 6.84. The van der Waals surface area contributed by atoms with Crippen LogP contribution in [-0.4, -0.2) is 11.5 Å². The zero-order chi connectivity index (χ0) is 10.2. The van der Waals surface area contributed by atoms with Crippen molar-refractivity contribution in [2.75, 3.05) is 6.54 Å². The highest BCUT2D eigenvalue weighted by Crippen LogP contribution is 2.07. The fourth-order valence-electron chi connectivity index (χ4n) is 1.25. The number of terminal acetylenes is 1. The van der Waals surface area contributed by atoms with E-state index in [0.717, 1.165) is 25.1 Å². The van der Waals surface area contributed by atoms with E-state index in [1.807, 2.05) is 24.4 Å². The lowest BCUT2D eigenvalue weighted by molar-refractivity contribution is 0.551. The highest BCUT2D eigenvalue weighted by Gasteiger charge is 2.03. The molecule has 1 aromatic heterocycles. The van der Waals surface area contributed by atoms with Crippen molar-refractivity contribution in [2.45, 2.75) is 25.8 Å². The van der Waals surface area contributed by atoms with Crippen LogP contribution in [0.15, 0.2) is 24.4 Å². The van der Waals surface area contributed by atoms with E-state index in [9.17, 15) is 0 Å². The molecular formula is C12H16N2. The maximum Gasteiger partial charge on any atom is 0.0570 e. The number of pyridine rings is 1. The van der Waals surface area contributed by atoms with Gasteiger partial charge in [0.15, 0.2) is 0 Å². The van der Waals surface area contributed by atoms with E-state index in [0.29, 0.717) is 6.04 Å². The Morgan fingerprint density at radius 3 is 3.07 bits per heavy atom. The third-order valence-electron chi connectivity index (χ3n) is 2.08. The first-order valence-electron chi connectivity index (χ1n) is 4.92. The summed E-state index contributed by atoms with van der Waals surface area (Å²) in [4.78, 5) is 4.27. The Balaban J connectivity index is 2.29. The average molecular weight is 188 g/mol.